The standard InChI is InChI=1S/C22H35N/c1-3-5-6-7-8-10-18-11-12-20-16-21(14-13-19(20)15-18)22(17-23)9-4-2/h3,5,13-14,16,18,22H,4,6-12,15,17,23H2,1-2H3/b5-3-/t18-,22?/m0/s1. The molecule has 1 heteroatoms. The second-order valence-electron chi connectivity index (χ2n) is 7.21. The summed E-state index contributed by atoms with van der Waals surface area (Å²) < 4.78 is 0. The van der Waals surface area contributed by atoms with Gasteiger partial charge in [-0.1, -0.05) is 56.5 Å². The van der Waals surface area contributed by atoms with E-state index in [1.807, 2.05) is 0 Å². The first kappa shape index (κ1) is 18.3. The summed E-state index contributed by atoms with van der Waals surface area (Å²) in [5.74, 6) is 1.45. The van der Waals surface area contributed by atoms with Crippen LogP contribution in [0.2, 0.25) is 0 Å². The lowest BCUT2D eigenvalue weighted by Crippen LogP contribution is -2.17. The van der Waals surface area contributed by atoms with Crippen molar-refractivity contribution >= 4 is 0 Å². The van der Waals surface area contributed by atoms with E-state index in [0.29, 0.717) is 5.92 Å². The molecule has 1 aliphatic carbocycles. The number of hydrogen-bond acceptors (Lipinski definition) is 1. The number of fused-ring (bicyclic) bond motifs is 1. The van der Waals surface area contributed by atoms with E-state index in [1.54, 1.807) is 11.1 Å². The van der Waals surface area contributed by atoms with Crippen molar-refractivity contribution in [3.05, 3.63) is 47.0 Å². The van der Waals surface area contributed by atoms with Crippen LogP contribution in [0.25, 0.3) is 0 Å². The van der Waals surface area contributed by atoms with Crippen molar-refractivity contribution in [3.63, 3.8) is 0 Å². The van der Waals surface area contributed by atoms with Crippen LogP contribution < -0.4 is 5.73 Å². The minimum Gasteiger partial charge on any atom is -0.330 e. The molecule has 0 fully saturated rings. The Morgan fingerprint density at radius 1 is 1.26 bits per heavy atom. The van der Waals surface area contributed by atoms with Crippen LogP contribution in [0.15, 0.2) is 30.4 Å². The lowest BCUT2D eigenvalue weighted by molar-refractivity contribution is 0.409. The van der Waals surface area contributed by atoms with Gasteiger partial charge in [-0.3, -0.25) is 0 Å². The lowest BCUT2D eigenvalue weighted by Gasteiger charge is -2.26. The van der Waals surface area contributed by atoms with E-state index in [1.165, 1.54) is 63.4 Å². The van der Waals surface area contributed by atoms with E-state index in [2.05, 4.69) is 44.2 Å². The molecule has 0 spiro atoms. The summed E-state index contributed by atoms with van der Waals surface area (Å²) in [5, 5.41) is 0. The number of rotatable bonds is 9. The van der Waals surface area contributed by atoms with E-state index in [9.17, 15) is 0 Å². The molecular weight excluding hydrogens is 278 g/mol. The summed E-state index contributed by atoms with van der Waals surface area (Å²) in [4.78, 5) is 0. The number of benzene rings is 1. The molecule has 0 heterocycles. The molecule has 23 heavy (non-hydrogen) atoms. The highest BCUT2D eigenvalue weighted by atomic mass is 14.5. The van der Waals surface area contributed by atoms with E-state index < -0.39 is 0 Å². The molecule has 0 saturated carbocycles. The van der Waals surface area contributed by atoms with Crippen LogP contribution in [-0.4, -0.2) is 6.54 Å². The molecule has 2 N–H and O–H groups in total. The highest BCUT2D eigenvalue weighted by Crippen LogP contribution is 2.31. The molecule has 1 nitrogen and oxygen atoms in total. The van der Waals surface area contributed by atoms with Crippen molar-refractivity contribution in [2.45, 2.75) is 77.6 Å². The lowest BCUT2D eigenvalue weighted by atomic mass is 9.79. The fraction of sp³-hybridized carbons (Fsp3) is 0.636. The number of hydrogen-bond donors (Lipinski definition) is 1. The van der Waals surface area contributed by atoms with Gasteiger partial charge in [-0.15, -0.1) is 0 Å². The predicted octanol–water partition coefficient (Wildman–Crippen LogP) is 5.77. The van der Waals surface area contributed by atoms with Crippen molar-refractivity contribution in [2.75, 3.05) is 6.54 Å². The first-order valence-corrected chi connectivity index (χ1v) is 9.71. The topological polar surface area (TPSA) is 26.0 Å². The van der Waals surface area contributed by atoms with E-state index >= 15 is 0 Å². The molecule has 2 atom stereocenters. The van der Waals surface area contributed by atoms with Crippen molar-refractivity contribution in [1.82, 2.24) is 0 Å². The maximum atomic E-state index is 5.97. The molecule has 0 saturated heterocycles. The summed E-state index contributed by atoms with van der Waals surface area (Å²) in [7, 11) is 0. The fourth-order valence-electron chi connectivity index (χ4n) is 3.98. The highest BCUT2D eigenvalue weighted by Gasteiger charge is 2.19. The Labute approximate surface area is 143 Å². The van der Waals surface area contributed by atoms with Gasteiger partial charge in [0.15, 0.2) is 0 Å². The smallest absolute Gasteiger partial charge is 0.000824 e. The van der Waals surface area contributed by atoms with Crippen LogP contribution in [0, 0.1) is 5.92 Å². The molecule has 0 bridgehead atoms. The van der Waals surface area contributed by atoms with Gasteiger partial charge in [-0.05, 0) is 80.5 Å². The average molecular weight is 314 g/mol. The van der Waals surface area contributed by atoms with Gasteiger partial charge in [0.25, 0.3) is 0 Å². The van der Waals surface area contributed by atoms with Crippen LogP contribution in [0.3, 0.4) is 0 Å². The molecule has 1 aliphatic rings. The molecule has 128 valence electrons. The quantitative estimate of drug-likeness (QED) is 0.454. The molecule has 1 aromatic carbocycles. The number of unbranched alkanes of at least 4 members (excludes halogenated alkanes) is 2. The van der Waals surface area contributed by atoms with Crippen molar-refractivity contribution < 1.29 is 0 Å². The maximum Gasteiger partial charge on any atom is -0.000824 e. The van der Waals surface area contributed by atoms with Crippen molar-refractivity contribution in [3.8, 4) is 0 Å². The van der Waals surface area contributed by atoms with Gasteiger partial charge in [-0.25, -0.2) is 0 Å². The molecule has 0 amide bonds. The predicted molar refractivity (Wildman–Crippen MR) is 102 cm³/mol. The normalized spacial score (nSPS) is 19.0. The van der Waals surface area contributed by atoms with Gasteiger partial charge in [0.1, 0.15) is 0 Å². The van der Waals surface area contributed by atoms with Gasteiger partial charge >= 0.3 is 0 Å². The summed E-state index contributed by atoms with van der Waals surface area (Å²) in [6.07, 6.45) is 16.2. The molecule has 0 aromatic heterocycles. The Morgan fingerprint density at radius 2 is 2.13 bits per heavy atom. The third-order valence-electron chi connectivity index (χ3n) is 5.42. The Hall–Kier alpha value is -1.08. The largest absolute Gasteiger partial charge is 0.330 e. The zero-order valence-electron chi connectivity index (χ0n) is 15.2. The van der Waals surface area contributed by atoms with Gasteiger partial charge in [0.05, 0.1) is 0 Å². The summed E-state index contributed by atoms with van der Waals surface area (Å²) in [5.41, 5.74) is 10.6. The molecular formula is C22H35N. The van der Waals surface area contributed by atoms with Crippen LogP contribution in [0.1, 0.15) is 81.4 Å². The molecule has 1 aromatic rings. The minimum atomic E-state index is 0.551. The Bertz CT molecular complexity index is 489. The van der Waals surface area contributed by atoms with Crippen LogP contribution in [-0.2, 0) is 12.8 Å². The molecule has 0 radical (unpaired) electrons. The summed E-state index contributed by atoms with van der Waals surface area (Å²) >= 11 is 0. The summed E-state index contributed by atoms with van der Waals surface area (Å²) in [6.45, 7) is 5.14. The summed E-state index contributed by atoms with van der Waals surface area (Å²) in [6, 6.07) is 7.21. The highest BCUT2D eigenvalue weighted by molar-refractivity contribution is 5.36. The zero-order valence-corrected chi connectivity index (χ0v) is 15.2. The Morgan fingerprint density at radius 3 is 2.87 bits per heavy atom. The third kappa shape index (κ3) is 5.49. The Balaban J connectivity index is 1.89. The average Bonchev–Trinajstić information content (AvgIpc) is 2.59. The molecule has 1 unspecified atom stereocenters. The van der Waals surface area contributed by atoms with Gasteiger partial charge in [0.2, 0.25) is 0 Å². The maximum absolute atomic E-state index is 5.97. The zero-order chi connectivity index (χ0) is 16.5. The van der Waals surface area contributed by atoms with Gasteiger partial charge in [0, 0.05) is 0 Å². The van der Waals surface area contributed by atoms with Gasteiger partial charge in [-0.2, -0.15) is 0 Å². The molecule has 0 aliphatic heterocycles. The van der Waals surface area contributed by atoms with Crippen LogP contribution in [0.4, 0.5) is 0 Å². The van der Waals surface area contributed by atoms with Crippen molar-refractivity contribution in [2.24, 2.45) is 11.7 Å². The number of nitrogens with two attached hydrogens (primary N) is 1. The van der Waals surface area contributed by atoms with E-state index in [-0.39, 0.29) is 0 Å². The minimum absolute atomic E-state index is 0.551. The van der Waals surface area contributed by atoms with Crippen LogP contribution >= 0.6 is 0 Å². The monoisotopic (exact) mass is 313 g/mol. The fourth-order valence-corrected chi connectivity index (χ4v) is 3.98. The molecule has 2 rings (SSSR count). The van der Waals surface area contributed by atoms with E-state index in [0.717, 1.165) is 12.5 Å². The Kier molecular flexibility index (Phi) is 7.88. The second kappa shape index (κ2) is 9.93. The number of allylic oxidation sites excluding steroid dienone is 2. The number of aryl methyl sites for hydroxylation is 1. The van der Waals surface area contributed by atoms with Gasteiger partial charge < -0.3 is 5.73 Å². The van der Waals surface area contributed by atoms with Crippen LogP contribution in [0.5, 0.6) is 0 Å². The van der Waals surface area contributed by atoms with Crippen molar-refractivity contribution in [1.29, 1.82) is 0 Å². The second-order valence-corrected chi connectivity index (χ2v) is 7.21. The van der Waals surface area contributed by atoms with E-state index in [4.69, 9.17) is 5.73 Å². The third-order valence-corrected chi connectivity index (χ3v) is 5.42. The first-order valence-electron chi connectivity index (χ1n) is 9.71. The first-order chi connectivity index (χ1) is 11.3. The SMILES string of the molecule is C/C=C\CCCC[C@H]1CCc2cc(C(CN)CCC)ccc2C1.